The number of benzene rings is 1. The summed E-state index contributed by atoms with van der Waals surface area (Å²) in [5.74, 6) is 1.18. The molecule has 3 N–H and O–H groups in total. The zero-order valence-corrected chi connectivity index (χ0v) is 13.4. The molecular formula is C14H20Cl2N2O3. The first-order valence-corrected chi connectivity index (χ1v) is 7.04. The molecule has 1 unspecified atom stereocenters. The summed E-state index contributed by atoms with van der Waals surface area (Å²) in [5.41, 5.74) is 6.50. The van der Waals surface area contributed by atoms with E-state index in [1.807, 2.05) is 13.0 Å². The van der Waals surface area contributed by atoms with Gasteiger partial charge in [-0.15, -0.1) is 12.4 Å². The fourth-order valence-corrected chi connectivity index (χ4v) is 2.20. The Labute approximate surface area is 135 Å². The van der Waals surface area contributed by atoms with Crippen molar-refractivity contribution in [3.05, 3.63) is 22.7 Å². The SMILES string of the molecule is CC(N)CCC(=O)NCc1cc(Cl)c2c(c1)OCCO2.Cl. The van der Waals surface area contributed by atoms with Crippen molar-refractivity contribution in [1.82, 2.24) is 5.32 Å². The fraction of sp³-hybridized carbons (Fsp3) is 0.500. The average Bonchev–Trinajstić information content (AvgIpc) is 2.43. The van der Waals surface area contributed by atoms with Crippen LogP contribution in [0.3, 0.4) is 0 Å². The lowest BCUT2D eigenvalue weighted by molar-refractivity contribution is -0.121. The zero-order valence-electron chi connectivity index (χ0n) is 11.9. The highest BCUT2D eigenvalue weighted by atomic mass is 35.5. The third-order valence-corrected chi connectivity index (χ3v) is 3.25. The number of carbonyl (C=O) groups excluding carboxylic acids is 1. The molecule has 0 aliphatic carbocycles. The van der Waals surface area contributed by atoms with Gasteiger partial charge in [0, 0.05) is 19.0 Å². The Morgan fingerprint density at radius 2 is 2.14 bits per heavy atom. The van der Waals surface area contributed by atoms with Gasteiger partial charge in [0.15, 0.2) is 11.5 Å². The number of ether oxygens (including phenoxy) is 2. The Morgan fingerprint density at radius 1 is 1.43 bits per heavy atom. The molecule has 0 saturated carbocycles. The molecule has 1 aromatic carbocycles. The quantitative estimate of drug-likeness (QED) is 0.866. The number of carbonyl (C=O) groups is 1. The average molecular weight is 335 g/mol. The lowest BCUT2D eigenvalue weighted by Gasteiger charge is -2.20. The summed E-state index contributed by atoms with van der Waals surface area (Å²) in [7, 11) is 0. The van der Waals surface area contributed by atoms with Gasteiger partial charge in [-0.1, -0.05) is 11.6 Å². The van der Waals surface area contributed by atoms with E-state index in [4.69, 9.17) is 26.8 Å². The smallest absolute Gasteiger partial charge is 0.220 e. The third-order valence-electron chi connectivity index (χ3n) is 2.97. The number of halogens is 2. The Morgan fingerprint density at radius 3 is 2.86 bits per heavy atom. The number of nitrogens with two attached hydrogens (primary N) is 1. The first-order valence-electron chi connectivity index (χ1n) is 6.66. The summed E-state index contributed by atoms with van der Waals surface area (Å²) in [5, 5.41) is 3.34. The van der Waals surface area contributed by atoms with E-state index in [1.54, 1.807) is 6.07 Å². The van der Waals surface area contributed by atoms with Crippen molar-refractivity contribution < 1.29 is 14.3 Å². The predicted octanol–water partition coefficient (Wildman–Crippen LogP) is 2.28. The summed E-state index contributed by atoms with van der Waals surface area (Å²) in [6, 6.07) is 3.65. The van der Waals surface area contributed by atoms with E-state index >= 15 is 0 Å². The van der Waals surface area contributed by atoms with Gasteiger partial charge in [0.2, 0.25) is 5.91 Å². The van der Waals surface area contributed by atoms with E-state index < -0.39 is 0 Å². The maximum atomic E-state index is 11.6. The molecule has 7 heteroatoms. The minimum Gasteiger partial charge on any atom is -0.486 e. The first kappa shape index (κ1) is 17.9. The summed E-state index contributed by atoms with van der Waals surface area (Å²) in [6.07, 6.45) is 1.10. The highest BCUT2D eigenvalue weighted by Crippen LogP contribution is 2.38. The van der Waals surface area contributed by atoms with Gasteiger partial charge in [0.05, 0.1) is 5.02 Å². The van der Waals surface area contributed by atoms with Gasteiger partial charge in [-0.25, -0.2) is 0 Å². The molecule has 0 saturated heterocycles. The van der Waals surface area contributed by atoms with Gasteiger partial charge in [0.25, 0.3) is 0 Å². The molecule has 2 rings (SSSR count). The van der Waals surface area contributed by atoms with Gasteiger partial charge in [0.1, 0.15) is 13.2 Å². The molecule has 1 heterocycles. The van der Waals surface area contributed by atoms with E-state index in [0.717, 1.165) is 5.56 Å². The number of hydrogen-bond donors (Lipinski definition) is 2. The van der Waals surface area contributed by atoms with Gasteiger partial charge < -0.3 is 20.5 Å². The lowest BCUT2D eigenvalue weighted by atomic mass is 10.1. The van der Waals surface area contributed by atoms with Crippen LogP contribution in [-0.2, 0) is 11.3 Å². The van der Waals surface area contributed by atoms with E-state index in [2.05, 4.69) is 5.32 Å². The summed E-state index contributed by atoms with van der Waals surface area (Å²) in [4.78, 5) is 11.6. The minimum atomic E-state index is -0.0201. The van der Waals surface area contributed by atoms with Crippen molar-refractivity contribution in [2.45, 2.75) is 32.4 Å². The van der Waals surface area contributed by atoms with Crippen LogP contribution in [0.5, 0.6) is 11.5 Å². The Hall–Kier alpha value is -1.17. The van der Waals surface area contributed by atoms with Crippen LogP contribution in [0.15, 0.2) is 12.1 Å². The van der Waals surface area contributed by atoms with Crippen LogP contribution in [0, 0.1) is 0 Å². The van der Waals surface area contributed by atoms with Crippen LogP contribution >= 0.6 is 24.0 Å². The predicted molar refractivity (Wildman–Crippen MR) is 84.4 cm³/mol. The molecule has 21 heavy (non-hydrogen) atoms. The van der Waals surface area contributed by atoms with Crippen LogP contribution < -0.4 is 20.5 Å². The van der Waals surface area contributed by atoms with Crippen molar-refractivity contribution in [2.75, 3.05) is 13.2 Å². The molecule has 0 aromatic heterocycles. The maximum absolute atomic E-state index is 11.6. The number of rotatable bonds is 5. The van der Waals surface area contributed by atoms with Crippen LogP contribution in [0.2, 0.25) is 5.02 Å². The molecule has 5 nitrogen and oxygen atoms in total. The molecular weight excluding hydrogens is 315 g/mol. The molecule has 0 fully saturated rings. The number of amides is 1. The van der Waals surface area contributed by atoms with E-state index in [1.165, 1.54) is 0 Å². The maximum Gasteiger partial charge on any atom is 0.220 e. The normalized spacial score (nSPS) is 14.0. The third kappa shape index (κ3) is 5.26. The van der Waals surface area contributed by atoms with Gasteiger partial charge in [-0.3, -0.25) is 4.79 Å². The van der Waals surface area contributed by atoms with Crippen LogP contribution in [0.1, 0.15) is 25.3 Å². The second kappa shape index (κ2) is 8.32. The van der Waals surface area contributed by atoms with Gasteiger partial charge >= 0.3 is 0 Å². The standard InChI is InChI=1S/C14H19ClN2O3.ClH/c1-9(16)2-3-13(18)17-8-10-6-11(15)14-12(7-10)19-4-5-20-14;/h6-7,9H,2-5,8,16H2,1H3,(H,17,18);1H. The monoisotopic (exact) mass is 334 g/mol. The Balaban J connectivity index is 0.00000220. The van der Waals surface area contributed by atoms with Crippen molar-refractivity contribution in [2.24, 2.45) is 5.73 Å². The lowest BCUT2D eigenvalue weighted by Crippen LogP contribution is -2.25. The van der Waals surface area contributed by atoms with Gasteiger partial charge in [-0.05, 0) is 31.0 Å². The molecule has 1 amide bonds. The molecule has 0 bridgehead atoms. The van der Waals surface area contributed by atoms with Gasteiger partial charge in [-0.2, -0.15) is 0 Å². The molecule has 0 radical (unpaired) electrons. The number of nitrogens with one attached hydrogen (secondary N) is 1. The van der Waals surface area contributed by atoms with Crippen molar-refractivity contribution in [1.29, 1.82) is 0 Å². The van der Waals surface area contributed by atoms with Crippen LogP contribution in [-0.4, -0.2) is 25.2 Å². The minimum absolute atomic E-state index is 0. The first-order chi connectivity index (χ1) is 9.56. The number of fused-ring (bicyclic) bond motifs is 1. The second-order valence-corrected chi connectivity index (χ2v) is 5.30. The summed E-state index contributed by atoms with van der Waals surface area (Å²) >= 11 is 6.13. The highest BCUT2D eigenvalue weighted by molar-refractivity contribution is 6.32. The second-order valence-electron chi connectivity index (χ2n) is 4.89. The van der Waals surface area contributed by atoms with Crippen molar-refractivity contribution in [3.63, 3.8) is 0 Å². The zero-order chi connectivity index (χ0) is 14.5. The van der Waals surface area contributed by atoms with E-state index in [0.29, 0.717) is 49.1 Å². The summed E-state index contributed by atoms with van der Waals surface area (Å²) in [6.45, 7) is 3.30. The molecule has 118 valence electrons. The Kier molecular flexibility index (Phi) is 7.08. The van der Waals surface area contributed by atoms with E-state index in [9.17, 15) is 4.79 Å². The van der Waals surface area contributed by atoms with Crippen molar-refractivity contribution >= 4 is 29.9 Å². The summed E-state index contributed by atoms with van der Waals surface area (Å²) < 4.78 is 10.9. The topological polar surface area (TPSA) is 73.6 Å². The van der Waals surface area contributed by atoms with Crippen LogP contribution in [0.25, 0.3) is 0 Å². The van der Waals surface area contributed by atoms with E-state index in [-0.39, 0.29) is 24.4 Å². The fourth-order valence-electron chi connectivity index (χ4n) is 1.91. The van der Waals surface area contributed by atoms with Crippen LogP contribution in [0.4, 0.5) is 0 Å². The molecule has 1 aromatic rings. The molecule has 0 spiro atoms. The van der Waals surface area contributed by atoms with Crippen molar-refractivity contribution in [3.8, 4) is 11.5 Å². The molecule has 1 aliphatic heterocycles. The molecule has 1 aliphatic rings. The highest BCUT2D eigenvalue weighted by Gasteiger charge is 2.16. The number of hydrogen-bond acceptors (Lipinski definition) is 4. The molecule has 1 atom stereocenters. The Bertz CT molecular complexity index is 495. The largest absolute Gasteiger partial charge is 0.486 e.